The quantitative estimate of drug-likeness (QED) is 0.393. The number of carbonyl (C=O) groups excluding carboxylic acids is 1. The molecule has 4 rings (SSSR count). The number of nitrogens with zero attached hydrogens (tertiary/aromatic N) is 5. The van der Waals surface area contributed by atoms with Crippen LogP contribution in [0.25, 0.3) is 11.0 Å². The molecule has 1 aromatic carbocycles. The Bertz CT molecular complexity index is 1100. The molecular formula is C22H27ClN6O2S. The van der Waals surface area contributed by atoms with Gasteiger partial charge in [-0.25, -0.2) is 14.6 Å². The van der Waals surface area contributed by atoms with Crippen molar-refractivity contribution in [3.05, 3.63) is 35.5 Å². The van der Waals surface area contributed by atoms with E-state index in [1.807, 2.05) is 17.1 Å². The van der Waals surface area contributed by atoms with E-state index in [0.717, 1.165) is 35.1 Å². The Labute approximate surface area is 196 Å². The highest BCUT2D eigenvalue weighted by atomic mass is 35.5. The number of hydrogen-bond acceptors (Lipinski definition) is 7. The maximum Gasteiger partial charge on any atom is 0.263 e. The van der Waals surface area contributed by atoms with Crippen molar-refractivity contribution in [1.29, 1.82) is 0 Å². The van der Waals surface area contributed by atoms with E-state index in [9.17, 15) is 4.79 Å². The van der Waals surface area contributed by atoms with Gasteiger partial charge in [-0.2, -0.15) is 5.10 Å². The van der Waals surface area contributed by atoms with Gasteiger partial charge >= 0.3 is 0 Å². The molecule has 1 aliphatic rings. The van der Waals surface area contributed by atoms with E-state index >= 15 is 0 Å². The van der Waals surface area contributed by atoms with Gasteiger partial charge in [0.2, 0.25) is 0 Å². The fourth-order valence-corrected chi connectivity index (χ4v) is 4.16. The third-order valence-corrected chi connectivity index (χ3v) is 6.19. The van der Waals surface area contributed by atoms with Crippen molar-refractivity contribution in [2.45, 2.75) is 44.0 Å². The van der Waals surface area contributed by atoms with Gasteiger partial charge in [-0.05, 0) is 57.2 Å². The number of aromatic nitrogens is 4. The number of hydrogen-bond donors (Lipinski definition) is 1. The smallest absolute Gasteiger partial charge is 0.263 e. The molecule has 1 fully saturated rings. The molecule has 2 aromatic heterocycles. The molecular weight excluding hydrogens is 448 g/mol. The van der Waals surface area contributed by atoms with Crippen LogP contribution < -0.4 is 15.0 Å². The number of rotatable bonds is 8. The zero-order chi connectivity index (χ0) is 22.7. The number of thioether (sulfide) groups is 1. The Balaban J connectivity index is 1.43. The molecule has 1 amide bonds. The molecule has 1 N–H and O–H groups in total. The van der Waals surface area contributed by atoms with E-state index in [0.29, 0.717) is 23.9 Å². The summed E-state index contributed by atoms with van der Waals surface area (Å²) in [6.07, 6.45) is 6.14. The lowest BCUT2D eigenvalue weighted by Gasteiger charge is -2.25. The number of anilines is 1. The first-order valence-corrected chi connectivity index (χ1v) is 12.2. The summed E-state index contributed by atoms with van der Waals surface area (Å²) < 4.78 is 7.68. The van der Waals surface area contributed by atoms with Crippen LogP contribution in [0.1, 0.15) is 26.7 Å². The Morgan fingerprint density at radius 1 is 1.22 bits per heavy atom. The minimum absolute atomic E-state index is 0.207. The molecule has 8 nitrogen and oxygen atoms in total. The summed E-state index contributed by atoms with van der Waals surface area (Å²) >= 11 is 7.43. The van der Waals surface area contributed by atoms with E-state index in [-0.39, 0.29) is 5.91 Å². The second-order valence-electron chi connectivity index (χ2n) is 8.16. The predicted octanol–water partition coefficient (Wildman–Crippen LogP) is 3.78. The molecule has 0 bridgehead atoms. The van der Waals surface area contributed by atoms with Crippen LogP contribution in [0.3, 0.4) is 0 Å². The van der Waals surface area contributed by atoms with Crippen LogP contribution in [0.5, 0.6) is 5.75 Å². The monoisotopic (exact) mass is 474 g/mol. The summed E-state index contributed by atoms with van der Waals surface area (Å²) in [6.45, 7) is 6.38. The molecule has 3 aromatic rings. The molecule has 10 heteroatoms. The highest BCUT2D eigenvalue weighted by Gasteiger charge is 2.29. The van der Waals surface area contributed by atoms with E-state index in [1.54, 1.807) is 38.1 Å². The van der Waals surface area contributed by atoms with Gasteiger partial charge in [0.15, 0.2) is 16.4 Å². The molecule has 32 heavy (non-hydrogen) atoms. The number of halogens is 1. The van der Waals surface area contributed by atoms with Crippen molar-refractivity contribution in [2.24, 2.45) is 0 Å². The lowest BCUT2D eigenvalue weighted by atomic mass is 10.1. The van der Waals surface area contributed by atoms with Crippen molar-refractivity contribution in [3.8, 4) is 5.75 Å². The molecule has 3 heterocycles. The molecule has 0 unspecified atom stereocenters. The first-order chi connectivity index (χ1) is 15.4. The van der Waals surface area contributed by atoms with Crippen LogP contribution in [0.15, 0.2) is 35.6 Å². The first-order valence-electron chi connectivity index (χ1n) is 10.6. The molecule has 1 saturated heterocycles. The largest absolute Gasteiger partial charge is 0.478 e. The Hall–Kier alpha value is -2.52. The number of fused-ring (bicyclic) bond motifs is 1. The third-order valence-electron chi connectivity index (χ3n) is 5.39. The fourth-order valence-electron chi connectivity index (χ4n) is 3.68. The van der Waals surface area contributed by atoms with Crippen molar-refractivity contribution in [1.82, 2.24) is 25.1 Å². The van der Waals surface area contributed by atoms with Gasteiger partial charge in [0, 0.05) is 24.7 Å². The first kappa shape index (κ1) is 22.7. The maximum absolute atomic E-state index is 12.7. The minimum Gasteiger partial charge on any atom is -0.478 e. The summed E-state index contributed by atoms with van der Waals surface area (Å²) in [5.74, 6) is 1.33. The van der Waals surface area contributed by atoms with Crippen LogP contribution in [0, 0.1) is 0 Å². The van der Waals surface area contributed by atoms with Gasteiger partial charge in [-0.15, -0.1) is 0 Å². The number of amides is 1. The van der Waals surface area contributed by atoms with Gasteiger partial charge in [-0.3, -0.25) is 4.79 Å². The highest BCUT2D eigenvalue weighted by molar-refractivity contribution is 7.98. The molecule has 0 radical (unpaired) electrons. The van der Waals surface area contributed by atoms with Crippen molar-refractivity contribution >= 4 is 46.1 Å². The fraction of sp³-hybridized carbons (Fsp3) is 0.455. The predicted molar refractivity (Wildman–Crippen MR) is 128 cm³/mol. The second kappa shape index (κ2) is 9.54. The zero-order valence-corrected chi connectivity index (χ0v) is 20.0. The lowest BCUT2D eigenvalue weighted by molar-refractivity contribution is -0.134. The van der Waals surface area contributed by atoms with Crippen molar-refractivity contribution in [3.63, 3.8) is 0 Å². The molecule has 0 atom stereocenters. The standard InChI is InChI=1S/C22H27ClN6O2S/c1-22(2,31-16-8-6-15(23)7-9-16)20(30)24-10-13-29-19-17(14-25-29)18(26-21(27-19)32-3)28-11-4-5-12-28/h6-9,14H,4-5,10-13H2,1-3H3,(H,24,30). The molecule has 1 aliphatic heterocycles. The van der Waals surface area contributed by atoms with Gasteiger partial charge in [0.25, 0.3) is 5.91 Å². The van der Waals surface area contributed by atoms with E-state index in [4.69, 9.17) is 21.3 Å². The van der Waals surface area contributed by atoms with Gasteiger partial charge in [-0.1, -0.05) is 23.4 Å². The second-order valence-corrected chi connectivity index (χ2v) is 9.37. The number of ether oxygens (including phenoxy) is 1. The Kier molecular flexibility index (Phi) is 6.76. The Morgan fingerprint density at radius 2 is 1.94 bits per heavy atom. The number of benzene rings is 1. The average Bonchev–Trinajstić information content (AvgIpc) is 3.45. The zero-order valence-electron chi connectivity index (χ0n) is 18.5. The number of carbonyl (C=O) groups is 1. The van der Waals surface area contributed by atoms with Crippen LogP contribution in [0.2, 0.25) is 5.02 Å². The number of nitrogens with one attached hydrogen (secondary N) is 1. The highest BCUT2D eigenvalue weighted by Crippen LogP contribution is 2.28. The summed E-state index contributed by atoms with van der Waals surface area (Å²) in [7, 11) is 0. The van der Waals surface area contributed by atoms with Crippen LogP contribution in [0.4, 0.5) is 5.82 Å². The maximum atomic E-state index is 12.7. The minimum atomic E-state index is -1.03. The van der Waals surface area contributed by atoms with Crippen molar-refractivity contribution < 1.29 is 9.53 Å². The molecule has 0 spiro atoms. The summed E-state index contributed by atoms with van der Waals surface area (Å²) in [5, 5.41) is 9.76. The molecule has 170 valence electrons. The molecule has 0 saturated carbocycles. The van der Waals surface area contributed by atoms with Gasteiger partial charge in [0.05, 0.1) is 18.1 Å². The third kappa shape index (κ3) is 4.94. The van der Waals surface area contributed by atoms with E-state index in [2.05, 4.69) is 20.3 Å². The Morgan fingerprint density at radius 3 is 2.62 bits per heavy atom. The lowest BCUT2D eigenvalue weighted by Crippen LogP contribution is -2.47. The van der Waals surface area contributed by atoms with E-state index < -0.39 is 5.60 Å². The van der Waals surface area contributed by atoms with E-state index in [1.165, 1.54) is 24.6 Å². The normalized spacial score (nSPS) is 14.2. The SMILES string of the molecule is CSc1nc(N2CCCC2)c2cnn(CCNC(=O)C(C)(C)Oc3ccc(Cl)cc3)c2n1. The van der Waals surface area contributed by atoms with Crippen LogP contribution in [-0.4, -0.2) is 57.1 Å². The average molecular weight is 475 g/mol. The van der Waals surface area contributed by atoms with Crippen molar-refractivity contribution in [2.75, 3.05) is 30.8 Å². The van der Waals surface area contributed by atoms with Gasteiger partial charge < -0.3 is 15.0 Å². The van der Waals surface area contributed by atoms with Gasteiger partial charge in [0.1, 0.15) is 11.6 Å². The van der Waals surface area contributed by atoms with Crippen LogP contribution in [-0.2, 0) is 11.3 Å². The summed E-state index contributed by atoms with van der Waals surface area (Å²) in [5.41, 5.74) is -0.242. The summed E-state index contributed by atoms with van der Waals surface area (Å²) in [6, 6.07) is 6.95. The molecule has 0 aliphatic carbocycles. The summed E-state index contributed by atoms with van der Waals surface area (Å²) in [4.78, 5) is 24.4. The topological polar surface area (TPSA) is 85.2 Å². The van der Waals surface area contributed by atoms with Crippen LogP contribution >= 0.6 is 23.4 Å².